The topological polar surface area (TPSA) is 32.3 Å². The van der Waals surface area contributed by atoms with Crippen molar-refractivity contribution < 1.29 is 4.79 Å². The number of hydrogen-bond donors (Lipinski definition) is 1. The molecule has 116 valence electrons. The zero-order valence-corrected chi connectivity index (χ0v) is 14.9. The molecule has 1 N–H and O–H groups in total. The van der Waals surface area contributed by atoms with Gasteiger partial charge in [-0.2, -0.15) is 0 Å². The van der Waals surface area contributed by atoms with Gasteiger partial charge >= 0.3 is 0 Å². The monoisotopic (exact) mass is 378 g/mol. The van der Waals surface area contributed by atoms with Gasteiger partial charge in [0.05, 0.1) is 6.04 Å². The molecule has 2 atom stereocenters. The van der Waals surface area contributed by atoms with Crippen molar-refractivity contribution in [1.29, 1.82) is 0 Å². The standard InChI is InChI=1S/C17H19BrN2OS/c1-12(17(21)19-14-8-6-13(18)7-9-14)20-10-2-4-15(20)16-5-3-11-22-16/h3,5-9,11-12,15H,2,4,10H2,1H3,(H,19,21)/t12-,15+/m0/s1. The van der Waals surface area contributed by atoms with E-state index in [-0.39, 0.29) is 11.9 Å². The van der Waals surface area contributed by atoms with Crippen LogP contribution in [0.2, 0.25) is 0 Å². The number of nitrogens with zero attached hydrogens (tertiary/aromatic N) is 1. The molecule has 0 saturated carbocycles. The highest BCUT2D eigenvalue weighted by molar-refractivity contribution is 9.10. The van der Waals surface area contributed by atoms with Crippen molar-refractivity contribution in [3.05, 3.63) is 51.1 Å². The van der Waals surface area contributed by atoms with E-state index in [2.05, 4.69) is 43.7 Å². The van der Waals surface area contributed by atoms with Crippen LogP contribution in [0.25, 0.3) is 0 Å². The Morgan fingerprint density at radius 1 is 1.36 bits per heavy atom. The largest absolute Gasteiger partial charge is 0.325 e. The molecular formula is C17H19BrN2OS. The van der Waals surface area contributed by atoms with E-state index >= 15 is 0 Å². The van der Waals surface area contributed by atoms with Crippen molar-refractivity contribution in [2.75, 3.05) is 11.9 Å². The van der Waals surface area contributed by atoms with Crippen LogP contribution in [-0.4, -0.2) is 23.4 Å². The first-order valence-corrected chi connectivity index (χ1v) is 9.18. The Labute approximate surface area is 143 Å². The summed E-state index contributed by atoms with van der Waals surface area (Å²) in [7, 11) is 0. The second-order valence-corrected chi connectivity index (χ2v) is 7.48. The summed E-state index contributed by atoms with van der Waals surface area (Å²) in [5.41, 5.74) is 0.840. The van der Waals surface area contributed by atoms with Crippen LogP contribution in [0.1, 0.15) is 30.7 Å². The summed E-state index contributed by atoms with van der Waals surface area (Å²) in [6.07, 6.45) is 2.29. The Bertz CT molecular complexity index is 627. The summed E-state index contributed by atoms with van der Waals surface area (Å²) in [6.45, 7) is 2.98. The van der Waals surface area contributed by atoms with Crippen molar-refractivity contribution >= 4 is 38.9 Å². The number of carbonyl (C=O) groups excluding carboxylic acids is 1. The van der Waals surface area contributed by atoms with E-state index in [0.717, 1.165) is 29.5 Å². The maximum atomic E-state index is 12.5. The fourth-order valence-corrected chi connectivity index (χ4v) is 4.12. The molecule has 1 saturated heterocycles. The van der Waals surface area contributed by atoms with Crippen LogP contribution in [0.4, 0.5) is 5.69 Å². The van der Waals surface area contributed by atoms with Crippen molar-refractivity contribution in [3.8, 4) is 0 Å². The molecular weight excluding hydrogens is 360 g/mol. The molecule has 3 nitrogen and oxygen atoms in total. The lowest BCUT2D eigenvalue weighted by Crippen LogP contribution is -2.41. The Morgan fingerprint density at radius 2 is 2.14 bits per heavy atom. The Morgan fingerprint density at radius 3 is 2.82 bits per heavy atom. The summed E-state index contributed by atoms with van der Waals surface area (Å²) in [6, 6.07) is 12.2. The Kier molecular flexibility index (Phi) is 4.96. The van der Waals surface area contributed by atoms with Crippen LogP contribution in [-0.2, 0) is 4.79 Å². The molecule has 0 radical (unpaired) electrons. The molecule has 5 heteroatoms. The first kappa shape index (κ1) is 15.7. The molecule has 2 aromatic rings. The molecule has 22 heavy (non-hydrogen) atoms. The first-order chi connectivity index (χ1) is 10.6. The number of nitrogens with one attached hydrogen (secondary N) is 1. The van der Waals surface area contributed by atoms with E-state index in [9.17, 15) is 4.79 Å². The second kappa shape index (κ2) is 6.94. The van der Waals surface area contributed by atoms with Gasteiger partial charge in [-0.15, -0.1) is 11.3 Å². The fourth-order valence-electron chi connectivity index (χ4n) is 2.97. The Hall–Kier alpha value is -1.17. The van der Waals surface area contributed by atoms with Gasteiger partial charge < -0.3 is 5.32 Å². The minimum absolute atomic E-state index is 0.0609. The second-order valence-electron chi connectivity index (χ2n) is 5.58. The smallest absolute Gasteiger partial charge is 0.241 e. The van der Waals surface area contributed by atoms with Crippen LogP contribution in [0.3, 0.4) is 0 Å². The lowest BCUT2D eigenvalue weighted by atomic mass is 10.1. The van der Waals surface area contributed by atoms with Crippen LogP contribution in [0, 0.1) is 0 Å². The van der Waals surface area contributed by atoms with Crippen molar-refractivity contribution in [3.63, 3.8) is 0 Å². The van der Waals surface area contributed by atoms with Gasteiger partial charge in [-0.3, -0.25) is 9.69 Å². The number of halogens is 1. The molecule has 1 aliphatic heterocycles. The normalized spacial score (nSPS) is 20.0. The van der Waals surface area contributed by atoms with E-state index in [1.807, 2.05) is 31.2 Å². The predicted octanol–water partition coefficient (Wildman–Crippen LogP) is 4.67. The third kappa shape index (κ3) is 3.42. The first-order valence-electron chi connectivity index (χ1n) is 7.51. The Balaban J connectivity index is 1.68. The number of amides is 1. The van der Waals surface area contributed by atoms with Crippen molar-refractivity contribution in [2.45, 2.75) is 31.8 Å². The van der Waals surface area contributed by atoms with Gasteiger partial charge in [0, 0.05) is 21.1 Å². The van der Waals surface area contributed by atoms with Gasteiger partial charge in [0.25, 0.3) is 0 Å². The van der Waals surface area contributed by atoms with Crippen molar-refractivity contribution in [2.24, 2.45) is 0 Å². The van der Waals surface area contributed by atoms with Gasteiger partial charge in [0.1, 0.15) is 0 Å². The fraction of sp³-hybridized carbons (Fsp3) is 0.353. The average Bonchev–Trinajstić information content (AvgIpc) is 3.19. The van der Waals surface area contributed by atoms with E-state index < -0.39 is 0 Å². The summed E-state index contributed by atoms with van der Waals surface area (Å²) in [5.74, 6) is 0.0609. The maximum Gasteiger partial charge on any atom is 0.241 e. The van der Waals surface area contributed by atoms with Gasteiger partial charge in [0.2, 0.25) is 5.91 Å². The van der Waals surface area contributed by atoms with Crippen LogP contribution in [0.5, 0.6) is 0 Å². The maximum absolute atomic E-state index is 12.5. The summed E-state index contributed by atoms with van der Waals surface area (Å²) in [5, 5.41) is 5.12. The number of benzene rings is 1. The molecule has 0 spiro atoms. The number of thiophene rings is 1. The van der Waals surface area contributed by atoms with Gasteiger partial charge in [-0.1, -0.05) is 22.0 Å². The summed E-state index contributed by atoms with van der Waals surface area (Å²) in [4.78, 5) is 16.2. The van der Waals surface area contributed by atoms with Crippen LogP contribution < -0.4 is 5.32 Å². The molecule has 1 aliphatic rings. The third-order valence-electron chi connectivity index (χ3n) is 4.15. The van der Waals surface area contributed by atoms with E-state index in [1.165, 1.54) is 4.88 Å². The molecule has 0 bridgehead atoms. The lowest BCUT2D eigenvalue weighted by molar-refractivity contribution is -0.121. The molecule has 1 fully saturated rings. The quantitative estimate of drug-likeness (QED) is 0.837. The molecule has 1 aromatic carbocycles. The number of hydrogen-bond acceptors (Lipinski definition) is 3. The lowest BCUT2D eigenvalue weighted by Gasteiger charge is -2.29. The van der Waals surface area contributed by atoms with E-state index in [1.54, 1.807) is 11.3 Å². The minimum atomic E-state index is -0.127. The third-order valence-corrected chi connectivity index (χ3v) is 5.66. The highest BCUT2D eigenvalue weighted by Crippen LogP contribution is 2.36. The average molecular weight is 379 g/mol. The summed E-state index contributed by atoms with van der Waals surface area (Å²) < 4.78 is 1.01. The zero-order chi connectivity index (χ0) is 15.5. The van der Waals surface area contributed by atoms with E-state index in [4.69, 9.17) is 0 Å². The molecule has 1 aromatic heterocycles. The minimum Gasteiger partial charge on any atom is -0.325 e. The van der Waals surface area contributed by atoms with Gasteiger partial charge in [-0.25, -0.2) is 0 Å². The van der Waals surface area contributed by atoms with Gasteiger partial charge in [-0.05, 0) is 62.0 Å². The number of likely N-dealkylation sites (tertiary alicyclic amines) is 1. The predicted molar refractivity (Wildman–Crippen MR) is 95.2 cm³/mol. The molecule has 2 heterocycles. The van der Waals surface area contributed by atoms with Crippen molar-refractivity contribution in [1.82, 2.24) is 4.90 Å². The van der Waals surface area contributed by atoms with Crippen LogP contribution >= 0.6 is 27.3 Å². The van der Waals surface area contributed by atoms with E-state index in [0.29, 0.717) is 6.04 Å². The molecule has 3 rings (SSSR count). The molecule has 1 amide bonds. The zero-order valence-electron chi connectivity index (χ0n) is 12.5. The summed E-state index contributed by atoms with van der Waals surface area (Å²) >= 11 is 5.18. The SMILES string of the molecule is C[C@@H](C(=O)Nc1ccc(Br)cc1)N1CCC[C@@H]1c1cccs1. The number of anilines is 1. The highest BCUT2D eigenvalue weighted by Gasteiger charge is 2.33. The highest BCUT2D eigenvalue weighted by atomic mass is 79.9. The van der Waals surface area contributed by atoms with Gasteiger partial charge in [0.15, 0.2) is 0 Å². The number of carbonyl (C=O) groups is 1. The van der Waals surface area contributed by atoms with Crippen LogP contribution in [0.15, 0.2) is 46.3 Å². The number of rotatable bonds is 4. The molecule has 0 aliphatic carbocycles. The molecule has 0 unspecified atom stereocenters.